The number of hydrogen-bond acceptors (Lipinski definition) is 4. The average Bonchev–Trinajstić information content (AvgIpc) is 2.94. The molecule has 1 aliphatic rings. The molecule has 21 heavy (non-hydrogen) atoms. The van der Waals surface area contributed by atoms with E-state index in [-0.39, 0.29) is 27.4 Å². The SMILES string of the molecule is CCOC(=O)C1CCCN1C(=O)c1ncc(Cl)c(Cl)c1Cl. The topological polar surface area (TPSA) is 59.5 Å². The van der Waals surface area contributed by atoms with Gasteiger partial charge in [0.1, 0.15) is 11.7 Å². The van der Waals surface area contributed by atoms with E-state index in [1.54, 1.807) is 6.92 Å². The van der Waals surface area contributed by atoms with Gasteiger partial charge in [0.15, 0.2) is 0 Å². The quantitative estimate of drug-likeness (QED) is 0.785. The second-order valence-corrected chi connectivity index (χ2v) is 5.65. The number of amides is 1. The lowest BCUT2D eigenvalue weighted by molar-refractivity contribution is -0.147. The van der Waals surface area contributed by atoms with Gasteiger partial charge in [0, 0.05) is 12.7 Å². The van der Waals surface area contributed by atoms with Gasteiger partial charge in [0.25, 0.3) is 5.91 Å². The van der Waals surface area contributed by atoms with E-state index in [4.69, 9.17) is 39.5 Å². The van der Waals surface area contributed by atoms with E-state index in [1.807, 2.05) is 0 Å². The number of carbonyl (C=O) groups is 2. The van der Waals surface area contributed by atoms with Gasteiger partial charge >= 0.3 is 5.97 Å². The fourth-order valence-electron chi connectivity index (χ4n) is 2.22. The molecule has 1 aromatic rings. The molecule has 0 aliphatic carbocycles. The molecule has 2 rings (SSSR count). The molecule has 0 bridgehead atoms. The largest absolute Gasteiger partial charge is 0.464 e. The van der Waals surface area contributed by atoms with Crippen molar-refractivity contribution < 1.29 is 14.3 Å². The van der Waals surface area contributed by atoms with Crippen LogP contribution in [0.2, 0.25) is 15.1 Å². The number of aromatic nitrogens is 1. The molecular formula is C13H13Cl3N2O3. The van der Waals surface area contributed by atoms with Crippen LogP contribution < -0.4 is 0 Å². The highest BCUT2D eigenvalue weighted by Gasteiger charge is 2.37. The molecule has 1 aromatic heterocycles. The zero-order valence-corrected chi connectivity index (χ0v) is 13.5. The average molecular weight is 352 g/mol. The first-order valence-corrected chi connectivity index (χ1v) is 7.57. The lowest BCUT2D eigenvalue weighted by atomic mass is 10.2. The van der Waals surface area contributed by atoms with Gasteiger partial charge in [0.05, 0.1) is 21.7 Å². The van der Waals surface area contributed by atoms with Crippen LogP contribution in [0.3, 0.4) is 0 Å². The summed E-state index contributed by atoms with van der Waals surface area (Å²) in [6, 6.07) is -0.607. The van der Waals surface area contributed by atoms with Crippen molar-refractivity contribution in [3.05, 3.63) is 27.0 Å². The lowest BCUT2D eigenvalue weighted by Crippen LogP contribution is -2.41. The van der Waals surface area contributed by atoms with Gasteiger partial charge < -0.3 is 9.64 Å². The summed E-state index contributed by atoms with van der Waals surface area (Å²) in [5, 5.41) is 0.230. The van der Waals surface area contributed by atoms with Gasteiger partial charge in [0.2, 0.25) is 0 Å². The first-order valence-electron chi connectivity index (χ1n) is 6.44. The maximum Gasteiger partial charge on any atom is 0.328 e. The Morgan fingerprint density at radius 1 is 1.38 bits per heavy atom. The highest BCUT2D eigenvalue weighted by molar-refractivity contribution is 6.48. The Morgan fingerprint density at radius 2 is 2.10 bits per heavy atom. The van der Waals surface area contributed by atoms with E-state index in [0.29, 0.717) is 19.4 Å². The van der Waals surface area contributed by atoms with Gasteiger partial charge in [-0.25, -0.2) is 9.78 Å². The Morgan fingerprint density at radius 3 is 2.76 bits per heavy atom. The number of halogens is 3. The predicted octanol–water partition coefficient (Wildman–Crippen LogP) is 3.21. The number of pyridine rings is 1. The van der Waals surface area contributed by atoms with Crippen LogP contribution in [-0.2, 0) is 9.53 Å². The second-order valence-electron chi connectivity index (χ2n) is 4.49. The third-order valence-corrected chi connectivity index (χ3v) is 4.43. The molecule has 1 saturated heterocycles. The second kappa shape index (κ2) is 6.81. The van der Waals surface area contributed by atoms with Crippen LogP contribution in [0.1, 0.15) is 30.3 Å². The molecule has 1 amide bonds. The van der Waals surface area contributed by atoms with Crippen LogP contribution in [0, 0.1) is 0 Å². The van der Waals surface area contributed by atoms with Crippen LogP contribution in [-0.4, -0.2) is 41.0 Å². The summed E-state index contributed by atoms with van der Waals surface area (Å²) in [7, 11) is 0. The summed E-state index contributed by atoms with van der Waals surface area (Å²) in [6.07, 6.45) is 2.54. The van der Waals surface area contributed by atoms with Crippen molar-refractivity contribution in [3.63, 3.8) is 0 Å². The minimum Gasteiger partial charge on any atom is -0.464 e. The molecule has 1 unspecified atom stereocenters. The third kappa shape index (κ3) is 3.25. The van der Waals surface area contributed by atoms with E-state index < -0.39 is 17.9 Å². The summed E-state index contributed by atoms with van der Waals surface area (Å²) in [5.74, 6) is -0.867. The molecular weight excluding hydrogens is 339 g/mol. The molecule has 114 valence electrons. The molecule has 0 N–H and O–H groups in total. The minimum atomic E-state index is -0.607. The number of esters is 1. The first-order chi connectivity index (χ1) is 9.97. The van der Waals surface area contributed by atoms with Crippen molar-refractivity contribution in [3.8, 4) is 0 Å². The number of rotatable bonds is 3. The summed E-state index contributed by atoms with van der Waals surface area (Å²) < 4.78 is 4.98. The molecule has 8 heteroatoms. The molecule has 1 aliphatic heterocycles. The van der Waals surface area contributed by atoms with E-state index in [2.05, 4.69) is 4.98 Å². The van der Waals surface area contributed by atoms with Crippen molar-refractivity contribution in [2.75, 3.05) is 13.2 Å². The van der Waals surface area contributed by atoms with E-state index in [1.165, 1.54) is 11.1 Å². The van der Waals surface area contributed by atoms with Crippen LogP contribution in [0.15, 0.2) is 6.20 Å². The van der Waals surface area contributed by atoms with Crippen molar-refractivity contribution in [1.82, 2.24) is 9.88 Å². The van der Waals surface area contributed by atoms with Crippen molar-refractivity contribution in [1.29, 1.82) is 0 Å². The zero-order chi connectivity index (χ0) is 15.6. The molecule has 1 atom stereocenters. The normalized spacial score (nSPS) is 17.9. The molecule has 0 spiro atoms. The number of nitrogens with zero attached hydrogens (tertiary/aromatic N) is 2. The van der Waals surface area contributed by atoms with Crippen LogP contribution in [0.5, 0.6) is 0 Å². The van der Waals surface area contributed by atoms with Crippen molar-refractivity contribution in [2.45, 2.75) is 25.8 Å². The number of ether oxygens (including phenoxy) is 1. The summed E-state index contributed by atoms with van der Waals surface area (Å²) >= 11 is 17.7. The fourth-order valence-corrected chi connectivity index (χ4v) is 2.78. The molecule has 5 nitrogen and oxygen atoms in total. The maximum absolute atomic E-state index is 12.5. The highest BCUT2D eigenvalue weighted by atomic mass is 35.5. The highest BCUT2D eigenvalue weighted by Crippen LogP contribution is 2.32. The Hall–Kier alpha value is -1.04. The lowest BCUT2D eigenvalue weighted by Gasteiger charge is -2.23. The van der Waals surface area contributed by atoms with Gasteiger partial charge in [-0.05, 0) is 19.8 Å². The molecule has 0 saturated carbocycles. The van der Waals surface area contributed by atoms with Gasteiger partial charge in [-0.3, -0.25) is 4.79 Å². The minimum absolute atomic E-state index is 0.0105. The van der Waals surface area contributed by atoms with E-state index in [0.717, 1.165) is 0 Å². The van der Waals surface area contributed by atoms with Crippen LogP contribution in [0.4, 0.5) is 0 Å². The zero-order valence-electron chi connectivity index (χ0n) is 11.2. The van der Waals surface area contributed by atoms with E-state index in [9.17, 15) is 9.59 Å². The molecule has 0 aromatic carbocycles. The van der Waals surface area contributed by atoms with Gasteiger partial charge in [-0.15, -0.1) is 0 Å². The van der Waals surface area contributed by atoms with Crippen LogP contribution in [0.25, 0.3) is 0 Å². The van der Waals surface area contributed by atoms with Gasteiger partial charge in [-0.2, -0.15) is 0 Å². The molecule has 1 fully saturated rings. The fraction of sp³-hybridized carbons (Fsp3) is 0.462. The molecule has 2 heterocycles. The van der Waals surface area contributed by atoms with E-state index >= 15 is 0 Å². The number of likely N-dealkylation sites (tertiary alicyclic amines) is 1. The predicted molar refractivity (Wildman–Crippen MR) is 80.0 cm³/mol. The summed E-state index contributed by atoms with van der Waals surface area (Å²) in [5.41, 5.74) is -0.0118. The molecule has 0 radical (unpaired) electrons. The van der Waals surface area contributed by atoms with Crippen molar-refractivity contribution >= 4 is 46.7 Å². The maximum atomic E-state index is 12.5. The van der Waals surface area contributed by atoms with Crippen molar-refractivity contribution in [2.24, 2.45) is 0 Å². The monoisotopic (exact) mass is 350 g/mol. The Balaban J connectivity index is 2.27. The third-order valence-electron chi connectivity index (χ3n) is 3.19. The smallest absolute Gasteiger partial charge is 0.328 e. The Kier molecular flexibility index (Phi) is 5.30. The number of carbonyl (C=O) groups excluding carboxylic acids is 2. The summed E-state index contributed by atoms with van der Waals surface area (Å²) in [6.45, 7) is 2.43. The first kappa shape index (κ1) is 16.3. The van der Waals surface area contributed by atoms with Gasteiger partial charge in [-0.1, -0.05) is 34.8 Å². The Bertz CT molecular complexity index is 580. The number of hydrogen-bond donors (Lipinski definition) is 0. The summed E-state index contributed by atoms with van der Waals surface area (Å²) in [4.78, 5) is 29.7. The Labute approximate surface area is 137 Å². The standard InChI is InChI=1S/C13H13Cl3N2O3/c1-2-21-13(20)8-4-3-5-18(8)12(19)11-10(16)9(15)7(14)6-17-11/h6,8H,2-5H2,1H3. The van der Waals surface area contributed by atoms with Crippen LogP contribution >= 0.6 is 34.8 Å².